The molecule has 19 heavy (non-hydrogen) atoms. The van der Waals surface area contributed by atoms with Crippen molar-refractivity contribution in [3.63, 3.8) is 0 Å². The van der Waals surface area contributed by atoms with E-state index in [0.29, 0.717) is 11.4 Å². The second-order valence-electron chi connectivity index (χ2n) is 3.93. The molecule has 0 radical (unpaired) electrons. The fourth-order valence-corrected chi connectivity index (χ4v) is 1.52. The quantitative estimate of drug-likeness (QED) is 0.872. The van der Waals surface area contributed by atoms with Crippen molar-refractivity contribution in [1.82, 2.24) is 19.7 Å². The van der Waals surface area contributed by atoms with E-state index in [1.165, 1.54) is 10.7 Å². The van der Waals surface area contributed by atoms with Gasteiger partial charge in [0.25, 0.3) is 0 Å². The number of anilines is 3. The summed E-state index contributed by atoms with van der Waals surface area (Å²) in [5, 5.41) is 6.79. The van der Waals surface area contributed by atoms with Gasteiger partial charge in [0.2, 0.25) is 5.82 Å². The van der Waals surface area contributed by atoms with Gasteiger partial charge in [-0.3, -0.25) is 4.68 Å². The van der Waals surface area contributed by atoms with E-state index in [1.807, 2.05) is 0 Å². The summed E-state index contributed by atoms with van der Waals surface area (Å²) in [5.74, 6) is -1.57. The normalized spacial score (nSPS) is 11.6. The van der Waals surface area contributed by atoms with Gasteiger partial charge in [0.1, 0.15) is 11.6 Å². The Morgan fingerprint density at radius 1 is 1.32 bits per heavy atom. The number of alkyl halides is 3. The molecule has 6 nitrogen and oxygen atoms in total. The molecular formula is C10H11F3N6. The number of halogens is 3. The molecule has 0 saturated carbocycles. The van der Waals surface area contributed by atoms with E-state index in [-0.39, 0.29) is 11.6 Å². The largest absolute Gasteiger partial charge is 0.451 e. The van der Waals surface area contributed by atoms with Crippen molar-refractivity contribution in [3.8, 4) is 0 Å². The SMILES string of the molecule is Cc1nn(C)cc1Nc1cc(N)nc(C(F)(F)F)n1. The Kier molecular flexibility index (Phi) is 3.05. The number of hydrogen-bond acceptors (Lipinski definition) is 5. The molecule has 9 heteroatoms. The molecule has 0 amide bonds. The van der Waals surface area contributed by atoms with Crippen LogP contribution in [0.3, 0.4) is 0 Å². The van der Waals surface area contributed by atoms with E-state index in [9.17, 15) is 13.2 Å². The van der Waals surface area contributed by atoms with Gasteiger partial charge in [0.05, 0.1) is 11.4 Å². The number of nitrogens with two attached hydrogens (primary N) is 1. The van der Waals surface area contributed by atoms with E-state index < -0.39 is 12.0 Å². The highest BCUT2D eigenvalue weighted by atomic mass is 19.4. The van der Waals surface area contributed by atoms with Crippen molar-refractivity contribution in [2.24, 2.45) is 7.05 Å². The van der Waals surface area contributed by atoms with E-state index in [0.717, 1.165) is 0 Å². The van der Waals surface area contributed by atoms with E-state index in [4.69, 9.17) is 5.73 Å². The predicted molar refractivity (Wildman–Crippen MR) is 62.7 cm³/mol. The van der Waals surface area contributed by atoms with Crippen LogP contribution >= 0.6 is 0 Å². The average molecular weight is 272 g/mol. The first-order chi connectivity index (χ1) is 8.75. The zero-order valence-corrected chi connectivity index (χ0v) is 10.2. The third-order valence-electron chi connectivity index (χ3n) is 2.28. The summed E-state index contributed by atoms with van der Waals surface area (Å²) in [6.45, 7) is 1.72. The molecule has 2 rings (SSSR count). The summed E-state index contributed by atoms with van der Waals surface area (Å²) < 4.78 is 39.2. The third kappa shape index (κ3) is 2.92. The van der Waals surface area contributed by atoms with Crippen molar-refractivity contribution in [3.05, 3.63) is 23.8 Å². The van der Waals surface area contributed by atoms with Crippen LogP contribution in [0.5, 0.6) is 0 Å². The monoisotopic (exact) mass is 272 g/mol. The molecule has 0 unspecified atom stereocenters. The van der Waals surface area contributed by atoms with E-state index >= 15 is 0 Å². The van der Waals surface area contributed by atoms with Gasteiger partial charge >= 0.3 is 6.18 Å². The summed E-state index contributed by atoms with van der Waals surface area (Å²) in [7, 11) is 1.70. The number of nitrogens with zero attached hydrogens (tertiary/aromatic N) is 4. The Labute approximate surface area is 106 Å². The fraction of sp³-hybridized carbons (Fsp3) is 0.300. The molecule has 0 aliphatic rings. The number of aryl methyl sites for hydroxylation is 2. The zero-order chi connectivity index (χ0) is 14.2. The van der Waals surface area contributed by atoms with Crippen LogP contribution in [-0.2, 0) is 13.2 Å². The minimum Gasteiger partial charge on any atom is -0.384 e. The maximum Gasteiger partial charge on any atom is 0.451 e. The minimum atomic E-state index is -4.64. The van der Waals surface area contributed by atoms with Gasteiger partial charge in [-0.1, -0.05) is 0 Å². The summed E-state index contributed by atoms with van der Waals surface area (Å²) in [6.07, 6.45) is -3.02. The van der Waals surface area contributed by atoms with E-state index in [2.05, 4.69) is 20.4 Å². The lowest BCUT2D eigenvalue weighted by Crippen LogP contribution is -2.13. The van der Waals surface area contributed by atoms with Gasteiger partial charge in [-0.2, -0.15) is 18.3 Å². The smallest absolute Gasteiger partial charge is 0.384 e. The highest BCUT2D eigenvalue weighted by molar-refractivity contribution is 5.59. The third-order valence-corrected chi connectivity index (χ3v) is 2.28. The maximum atomic E-state index is 12.5. The van der Waals surface area contributed by atoms with Crippen LogP contribution in [-0.4, -0.2) is 19.7 Å². The molecule has 0 aromatic carbocycles. The molecule has 0 spiro atoms. The standard InChI is InChI=1S/C10H11F3N6/c1-5-6(4-19(2)18-5)15-8-3-7(14)16-9(17-8)10(11,12)13/h3-4H,1-2H3,(H3,14,15,16,17). The first kappa shape index (κ1) is 13.1. The first-order valence-corrected chi connectivity index (χ1v) is 5.25. The summed E-state index contributed by atoms with van der Waals surface area (Å²) in [4.78, 5) is 6.54. The van der Waals surface area contributed by atoms with Crippen molar-refractivity contribution in [2.45, 2.75) is 13.1 Å². The van der Waals surface area contributed by atoms with Crippen LogP contribution in [0.1, 0.15) is 11.5 Å². The molecule has 0 fully saturated rings. The van der Waals surface area contributed by atoms with Gasteiger partial charge in [0, 0.05) is 19.3 Å². The number of rotatable bonds is 2. The number of hydrogen-bond donors (Lipinski definition) is 2. The molecule has 102 valence electrons. The molecule has 2 heterocycles. The van der Waals surface area contributed by atoms with Gasteiger partial charge in [-0.15, -0.1) is 0 Å². The number of nitrogens with one attached hydrogen (secondary N) is 1. The van der Waals surface area contributed by atoms with Crippen LogP contribution in [0, 0.1) is 6.92 Å². The number of nitrogen functional groups attached to an aromatic ring is 1. The zero-order valence-electron chi connectivity index (χ0n) is 10.2. The van der Waals surface area contributed by atoms with Crippen LogP contribution in [0.4, 0.5) is 30.5 Å². The molecule has 0 atom stereocenters. The van der Waals surface area contributed by atoms with Crippen molar-refractivity contribution < 1.29 is 13.2 Å². The van der Waals surface area contributed by atoms with Gasteiger partial charge in [-0.25, -0.2) is 9.97 Å². The minimum absolute atomic E-state index is 0.0316. The highest BCUT2D eigenvalue weighted by Crippen LogP contribution is 2.28. The van der Waals surface area contributed by atoms with Crippen molar-refractivity contribution in [1.29, 1.82) is 0 Å². The molecule has 2 aromatic heterocycles. The van der Waals surface area contributed by atoms with Gasteiger partial charge < -0.3 is 11.1 Å². The molecule has 0 saturated heterocycles. The summed E-state index contributed by atoms with van der Waals surface area (Å²) in [5.41, 5.74) is 6.52. The van der Waals surface area contributed by atoms with Crippen molar-refractivity contribution in [2.75, 3.05) is 11.1 Å². The second kappa shape index (κ2) is 4.41. The maximum absolute atomic E-state index is 12.5. The fourth-order valence-electron chi connectivity index (χ4n) is 1.52. The molecule has 0 aliphatic carbocycles. The van der Waals surface area contributed by atoms with Gasteiger partial charge in [-0.05, 0) is 6.92 Å². The Morgan fingerprint density at radius 3 is 2.53 bits per heavy atom. The van der Waals surface area contributed by atoms with Crippen LogP contribution in [0.25, 0.3) is 0 Å². The molecule has 0 aliphatic heterocycles. The summed E-state index contributed by atoms with van der Waals surface area (Å²) in [6, 6.07) is 1.22. The topological polar surface area (TPSA) is 81.7 Å². The lowest BCUT2D eigenvalue weighted by molar-refractivity contribution is -0.144. The second-order valence-corrected chi connectivity index (χ2v) is 3.93. The van der Waals surface area contributed by atoms with Crippen LogP contribution in [0.2, 0.25) is 0 Å². The first-order valence-electron chi connectivity index (χ1n) is 5.25. The van der Waals surface area contributed by atoms with Crippen LogP contribution in [0.15, 0.2) is 12.3 Å². The molecule has 2 aromatic rings. The van der Waals surface area contributed by atoms with E-state index in [1.54, 1.807) is 20.2 Å². The Morgan fingerprint density at radius 2 is 2.00 bits per heavy atom. The average Bonchev–Trinajstić information content (AvgIpc) is 2.55. The lowest BCUT2D eigenvalue weighted by Gasteiger charge is -2.09. The number of aromatic nitrogens is 4. The lowest BCUT2D eigenvalue weighted by atomic mass is 10.4. The Hall–Kier alpha value is -2.32. The van der Waals surface area contributed by atoms with Crippen molar-refractivity contribution >= 4 is 17.3 Å². The summed E-state index contributed by atoms with van der Waals surface area (Å²) >= 11 is 0. The van der Waals surface area contributed by atoms with Crippen LogP contribution < -0.4 is 11.1 Å². The Balaban J connectivity index is 2.35. The molecule has 0 bridgehead atoms. The molecule has 3 N–H and O–H groups in total. The van der Waals surface area contributed by atoms with Gasteiger partial charge in [0.15, 0.2) is 0 Å². The Bertz CT molecular complexity index is 604. The molecular weight excluding hydrogens is 261 g/mol. The predicted octanol–water partition coefficient (Wildman–Crippen LogP) is 1.86. The highest BCUT2D eigenvalue weighted by Gasteiger charge is 2.35.